The molecule has 12 heavy (non-hydrogen) atoms. The largest absolute Gasteiger partial charge is 0.159 e. The van der Waals surface area contributed by atoms with Crippen molar-refractivity contribution in [1.82, 2.24) is 25.6 Å². The molecular weight excluding hydrogens is 154 g/mol. The summed E-state index contributed by atoms with van der Waals surface area (Å²) in [4.78, 5) is 0. The van der Waals surface area contributed by atoms with E-state index in [0.29, 0.717) is 0 Å². The molecule has 0 atom stereocenters. The van der Waals surface area contributed by atoms with Crippen LogP contribution in [-0.4, -0.2) is 25.6 Å². The summed E-state index contributed by atoms with van der Waals surface area (Å²) in [6, 6.07) is 5.37. The molecule has 60 valence electrons. The average Bonchev–Trinajstić information content (AvgIpc) is 2.24. The first-order valence-corrected chi connectivity index (χ1v) is 3.30. The maximum absolute atomic E-state index is 3.53. The van der Waals surface area contributed by atoms with Crippen LogP contribution in [0.25, 0.3) is 0 Å². The Balaban J connectivity index is 0.000000120. The van der Waals surface area contributed by atoms with Crippen LogP contribution in [0, 0.1) is 0 Å². The van der Waals surface area contributed by atoms with Crippen molar-refractivity contribution in [1.29, 1.82) is 0 Å². The van der Waals surface area contributed by atoms with Gasteiger partial charge >= 0.3 is 0 Å². The summed E-state index contributed by atoms with van der Waals surface area (Å²) in [5.41, 5.74) is 0. The molecule has 0 aromatic carbocycles. The van der Waals surface area contributed by atoms with Crippen LogP contribution in [0.1, 0.15) is 0 Å². The number of rotatable bonds is 0. The molecule has 0 saturated heterocycles. The molecule has 0 unspecified atom stereocenters. The molecule has 0 spiro atoms. The molecule has 2 heterocycles. The standard InChI is InChI=1S/C4H4N2.C3H3N3/c2*1-2-4-6-5-3-1/h1-4H;1-3H. The lowest BCUT2D eigenvalue weighted by Crippen LogP contribution is -1.78. The molecule has 0 aliphatic heterocycles. The van der Waals surface area contributed by atoms with E-state index in [2.05, 4.69) is 25.6 Å². The quantitative estimate of drug-likeness (QED) is 0.557. The van der Waals surface area contributed by atoms with Gasteiger partial charge in [-0.15, -0.1) is 10.2 Å². The van der Waals surface area contributed by atoms with Gasteiger partial charge in [0.25, 0.3) is 0 Å². The molecule has 0 fully saturated rings. The molecule has 5 heteroatoms. The highest BCUT2D eigenvalue weighted by atomic mass is 15.3. The van der Waals surface area contributed by atoms with Gasteiger partial charge in [0.2, 0.25) is 0 Å². The minimum atomic E-state index is 1.58. The molecule has 0 aliphatic carbocycles. The molecular formula is C7H7N5. The van der Waals surface area contributed by atoms with E-state index in [1.807, 2.05) is 12.1 Å². The van der Waals surface area contributed by atoms with Crippen molar-refractivity contribution >= 4 is 0 Å². The Morgan fingerprint density at radius 1 is 0.500 bits per heavy atom. The summed E-state index contributed by atoms with van der Waals surface area (Å²) in [5, 5.41) is 17.2. The van der Waals surface area contributed by atoms with E-state index in [4.69, 9.17) is 0 Å². The average molecular weight is 161 g/mol. The van der Waals surface area contributed by atoms with Gasteiger partial charge in [0.1, 0.15) is 0 Å². The number of nitrogens with zero attached hydrogens (tertiary/aromatic N) is 5. The first-order valence-electron chi connectivity index (χ1n) is 3.30. The van der Waals surface area contributed by atoms with E-state index in [1.165, 1.54) is 0 Å². The Morgan fingerprint density at radius 2 is 1.00 bits per heavy atom. The fourth-order valence-electron chi connectivity index (χ4n) is 0.458. The molecule has 2 aromatic rings. The molecule has 0 bridgehead atoms. The fourth-order valence-corrected chi connectivity index (χ4v) is 0.458. The second kappa shape index (κ2) is 5.84. The minimum Gasteiger partial charge on any atom is -0.159 e. The Bertz CT molecular complexity index is 187. The second-order valence-electron chi connectivity index (χ2n) is 1.72. The van der Waals surface area contributed by atoms with Crippen LogP contribution < -0.4 is 0 Å². The lowest BCUT2D eigenvalue weighted by atomic mass is 10.6. The molecule has 0 radical (unpaired) electrons. The van der Waals surface area contributed by atoms with Crippen LogP contribution in [0.2, 0.25) is 0 Å². The van der Waals surface area contributed by atoms with Gasteiger partial charge in [0, 0.05) is 12.4 Å². The van der Waals surface area contributed by atoms with Gasteiger partial charge in [-0.1, -0.05) is 0 Å². The van der Waals surface area contributed by atoms with Crippen LogP contribution in [-0.2, 0) is 0 Å². The van der Waals surface area contributed by atoms with Crippen molar-refractivity contribution in [3.63, 3.8) is 0 Å². The van der Waals surface area contributed by atoms with Gasteiger partial charge in [-0.2, -0.15) is 10.2 Å². The topological polar surface area (TPSA) is 64.5 Å². The SMILES string of the molecule is c1ccnnc1.c1cnnnc1. The summed E-state index contributed by atoms with van der Waals surface area (Å²) >= 11 is 0. The van der Waals surface area contributed by atoms with Crippen LogP contribution in [0.15, 0.2) is 43.0 Å². The molecule has 2 rings (SSSR count). The van der Waals surface area contributed by atoms with E-state index in [1.54, 1.807) is 30.9 Å². The van der Waals surface area contributed by atoms with Gasteiger partial charge in [-0.25, -0.2) is 0 Å². The van der Waals surface area contributed by atoms with E-state index in [9.17, 15) is 0 Å². The predicted molar refractivity (Wildman–Crippen MR) is 41.9 cm³/mol. The van der Waals surface area contributed by atoms with Crippen LogP contribution >= 0.6 is 0 Å². The lowest BCUT2D eigenvalue weighted by molar-refractivity contribution is 0.865. The Hall–Kier alpha value is -1.91. The summed E-state index contributed by atoms with van der Waals surface area (Å²) < 4.78 is 0. The fraction of sp³-hybridized carbons (Fsp3) is 0. The zero-order valence-electron chi connectivity index (χ0n) is 6.28. The highest BCUT2D eigenvalue weighted by Crippen LogP contribution is 1.68. The zero-order chi connectivity index (χ0) is 8.49. The van der Waals surface area contributed by atoms with Crippen molar-refractivity contribution in [2.24, 2.45) is 0 Å². The van der Waals surface area contributed by atoms with Crippen LogP contribution in [0.3, 0.4) is 0 Å². The molecule has 0 amide bonds. The zero-order valence-corrected chi connectivity index (χ0v) is 6.28. The van der Waals surface area contributed by atoms with Gasteiger partial charge < -0.3 is 0 Å². The number of hydrogen-bond acceptors (Lipinski definition) is 5. The predicted octanol–water partition coefficient (Wildman–Crippen LogP) is 0.348. The normalized spacial score (nSPS) is 8.00. The van der Waals surface area contributed by atoms with Gasteiger partial charge in [0.15, 0.2) is 0 Å². The minimum absolute atomic E-state index is 1.58. The highest BCUT2D eigenvalue weighted by Gasteiger charge is 1.60. The van der Waals surface area contributed by atoms with Crippen molar-refractivity contribution in [3.05, 3.63) is 43.0 Å². The Kier molecular flexibility index (Phi) is 3.99. The first kappa shape index (κ1) is 8.19. The Labute approximate surface area is 69.5 Å². The second-order valence-corrected chi connectivity index (χ2v) is 1.72. The molecule has 0 saturated carbocycles. The third-order valence-corrected chi connectivity index (χ3v) is 0.892. The monoisotopic (exact) mass is 161 g/mol. The van der Waals surface area contributed by atoms with Crippen molar-refractivity contribution in [2.45, 2.75) is 0 Å². The smallest absolute Gasteiger partial charge is 0.0529 e. The molecule has 2 aromatic heterocycles. The summed E-state index contributed by atoms with van der Waals surface area (Å²) in [6.07, 6.45) is 6.43. The van der Waals surface area contributed by atoms with Gasteiger partial charge in [-0.05, 0) is 23.4 Å². The Morgan fingerprint density at radius 3 is 1.17 bits per heavy atom. The molecule has 0 N–H and O–H groups in total. The van der Waals surface area contributed by atoms with E-state index in [0.717, 1.165) is 0 Å². The van der Waals surface area contributed by atoms with Crippen LogP contribution in [0.4, 0.5) is 0 Å². The summed E-state index contributed by atoms with van der Waals surface area (Å²) in [7, 11) is 0. The third kappa shape index (κ3) is 3.99. The van der Waals surface area contributed by atoms with Crippen molar-refractivity contribution < 1.29 is 0 Å². The summed E-state index contributed by atoms with van der Waals surface area (Å²) in [6.45, 7) is 0. The van der Waals surface area contributed by atoms with Crippen LogP contribution in [0.5, 0.6) is 0 Å². The van der Waals surface area contributed by atoms with Crippen molar-refractivity contribution in [3.8, 4) is 0 Å². The number of aromatic nitrogens is 5. The van der Waals surface area contributed by atoms with E-state index < -0.39 is 0 Å². The summed E-state index contributed by atoms with van der Waals surface area (Å²) in [5.74, 6) is 0. The highest BCUT2D eigenvalue weighted by molar-refractivity contribution is 4.79. The van der Waals surface area contributed by atoms with Crippen molar-refractivity contribution in [2.75, 3.05) is 0 Å². The lowest BCUT2D eigenvalue weighted by Gasteiger charge is -1.69. The van der Waals surface area contributed by atoms with E-state index >= 15 is 0 Å². The van der Waals surface area contributed by atoms with Gasteiger partial charge in [0.05, 0.1) is 12.4 Å². The molecule has 5 nitrogen and oxygen atoms in total. The van der Waals surface area contributed by atoms with E-state index in [-0.39, 0.29) is 0 Å². The molecule has 0 aliphatic rings. The maximum Gasteiger partial charge on any atom is 0.0529 e. The third-order valence-electron chi connectivity index (χ3n) is 0.892. The van der Waals surface area contributed by atoms with Gasteiger partial charge in [-0.3, -0.25) is 0 Å². The maximum atomic E-state index is 3.53. The number of hydrogen-bond donors (Lipinski definition) is 0. The first-order chi connectivity index (χ1) is 6.00.